The summed E-state index contributed by atoms with van der Waals surface area (Å²) in [4.78, 5) is 28.3. The highest BCUT2D eigenvalue weighted by Crippen LogP contribution is 2.47. The second-order valence-corrected chi connectivity index (χ2v) is 9.56. The number of amides is 2. The number of hydrogen-bond acceptors (Lipinski definition) is 5. The number of nitrogens with zero attached hydrogens (tertiary/aromatic N) is 1. The van der Waals surface area contributed by atoms with Crippen molar-refractivity contribution in [3.8, 4) is 5.75 Å². The van der Waals surface area contributed by atoms with Crippen LogP contribution in [0.25, 0.3) is 0 Å². The first kappa shape index (κ1) is 24.5. The molecule has 7 nitrogen and oxygen atoms in total. The highest BCUT2D eigenvalue weighted by Gasteiger charge is 2.50. The number of aliphatic hydroxyl groups excluding tert-OH is 2. The van der Waals surface area contributed by atoms with Crippen LogP contribution in [-0.2, 0) is 9.59 Å². The monoisotopic (exact) mass is 468 g/mol. The van der Waals surface area contributed by atoms with Crippen molar-refractivity contribution in [3.63, 3.8) is 0 Å². The average Bonchev–Trinajstić information content (AvgIpc) is 3.26. The fourth-order valence-corrected chi connectivity index (χ4v) is 5.60. The van der Waals surface area contributed by atoms with Gasteiger partial charge in [-0.15, -0.1) is 6.58 Å². The second kappa shape index (κ2) is 11.2. The summed E-state index contributed by atoms with van der Waals surface area (Å²) in [6.45, 7) is 4.27. The Labute approximate surface area is 201 Å². The highest BCUT2D eigenvalue weighted by atomic mass is 16.5. The van der Waals surface area contributed by atoms with Crippen molar-refractivity contribution >= 4 is 11.8 Å². The fraction of sp³-hybridized carbons (Fsp3) is 0.556. The van der Waals surface area contributed by atoms with E-state index in [0.29, 0.717) is 36.6 Å². The quantitative estimate of drug-likeness (QED) is 0.484. The zero-order chi connectivity index (χ0) is 24.1. The van der Waals surface area contributed by atoms with Gasteiger partial charge in [-0.1, -0.05) is 43.5 Å². The van der Waals surface area contributed by atoms with Crippen LogP contribution in [0.1, 0.15) is 56.4 Å². The minimum atomic E-state index is -0.969. The van der Waals surface area contributed by atoms with Crippen LogP contribution >= 0.6 is 0 Å². The van der Waals surface area contributed by atoms with Crippen molar-refractivity contribution in [2.24, 2.45) is 5.92 Å². The molecule has 0 saturated heterocycles. The molecule has 4 rings (SSSR count). The van der Waals surface area contributed by atoms with Crippen LogP contribution in [0.15, 0.2) is 48.6 Å². The van der Waals surface area contributed by atoms with Crippen LogP contribution in [0.2, 0.25) is 0 Å². The van der Waals surface area contributed by atoms with E-state index in [4.69, 9.17) is 4.74 Å². The third kappa shape index (κ3) is 5.05. The molecule has 4 atom stereocenters. The number of allylic oxidation sites excluding steroid dienone is 1. The Balaban J connectivity index is 1.70. The van der Waals surface area contributed by atoms with Gasteiger partial charge in [-0.05, 0) is 37.3 Å². The third-order valence-electron chi connectivity index (χ3n) is 7.30. The molecule has 1 aliphatic heterocycles. The molecule has 3 aliphatic rings. The van der Waals surface area contributed by atoms with Gasteiger partial charge in [0, 0.05) is 30.6 Å². The Bertz CT molecular complexity index is 923. The van der Waals surface area contributed by atoms with Gasteiger partial charge in [-0.3, -0.25) is 9.59 Å². The molecule has 0 aromatic heterocycles. The molecular weight excluding hydrogens is 432 g/mol. The molecule has 1 heterocycles. The summed E-state index contributed by atoms with van der Waals surface area (Å²) in [5.74, 6) is 0.246. The van der Waals surface area contributed by atoms with Gasteiger partial charge in [0.25, 0.3) is 0 Å². The summed E-state index contributed by atoms with van der Waals surface area (Å²) in [7, 11) is 0. The number of carbonyl (C=O) groups excluding carboxylic acids is 2. The van der Waals surface area contributed by atoms with E-state index < -0.39 is 24.2 Å². The van der Waals surface area contributed by atoms with Gasteiger partial charge in [-0.2, -0.15) is 0 Å². The third-order valence-corrected chi connectivity index (χ3v) is 7.30. The Hall–Kier alpha value is -2.64. The number of carbonyl (C=O) groups is 2. The van der Waals surface area contributed by atoms with E-state index in [9.17, 15) is 19.8 Å². The SMILES string of the molecule is C=CCCC(=O)N(CC1CCCCC1)C1C=C(C(=O)NCCO)C2c3ccccc3OC2C1O. The van der Waals surface area contributed by atoms with E-state index in [-0.39, 0.29) is 25.0 Å². The molecule has 0 spiro atoms. The summed E-state index contributed by atoms with van der Waals surface area (Å²) in [6, 6.07) is 6.84. The molecule has 1 aromatic rings. The zero-order valence-electron chi connectivity index (χ0n) is 19.7. The summed E-state index contributed by atoms with van der Waals surface area (Å²) in [6.07, 6.45) is 8.39. The minimum Gasteiger partial charge on any atom is -0.486 e. The van der Waals surface area contributed by atoms with Crippen molar-refractivity contribution < 1.29 is 24.5 Å². The number of nitrogens with one attached hydrogen (secondary N) is 1. The lowest BCUT2D eigenvalue weighted by Crippen LogP contribution is -2.56. The Morgan fingerprint density at radius 2 is 1.97 bits per heavy atom. The first-order valence-corrected chi connectivity index (χ1v) is 12.5. The molecule has 1 fully saturated rings. The predicted octanol–water partition coefficient (Wildman–Crippen LogP) is 2.68. The van der Waals surface area contributed by atoms with Crippen molar-refractivity contribution in [1.82, 2.24) is 10.2 Å². The molecule has 0 bridgehead atoms. The van der Waals surface area contributed by atoms with Gasteiger partial charge in [-0.25, -0.2) is 0 Å². The maximum absolute atomic E-state index is 13.3. The summed E-state index contributed by atoms with van der Waals surface area (Å²) in [5.41, 5.74) is 1.33. The van der Waals surface area contributed by atoms with Crippen LogP contribution in [0, 0.1) is 5.92 Å². The lowest BCUT2D eigenvalue weighted by molar-refractivity contribution is -0.138. The van der Waals surface area contributed by atoms with Gasteiger partial charge >= 0.3 is 0 Å². The van der Waals surface area contributed by atoms with Gasteiger partial charge in [0.05, 0.1) is 18.6 Å². The molecule has 4 unspecified atom stereocenters. The topological polar surface area (TPSA) is 99.1 Å². The second-order valence-electron chi connectivity index (χ2n) is 9.56. The molecule has 2 aliphatic carbocycles. The molecule has 7 heteroatoms. The van der Waals surface area contributed by atoms with E-state index in [2.05, 4.69) is 11.9 Å². The van der Waals surface area contributed by atoms with Crippen LogP contribution < -0.4 is 10.1 Å². The van der Waals surface area contributed by atoms with E-state index in [0.717, 1.165) is 31.2 Å². The van der Waals surface area contributed by atoms with Gasteiger partial charge in [0.1, 0.15) is 18.0 Å². The Morgan fingerprint density at radius 1 is 1.21 bits per heavy atom. The molecule has 1 saturated carbocycles. The van der Waals surface area contributed by atoms with Crippen LogP contribution in [0.5, 0.6) is 5.75 Å². The lowest BCUT2D eigenvalue weighted by Gasteiger charge is -2.42. The first-order chi connectivity index (χ1) is 16.5. The summed E-state index contributed by atoms with van der Waals surface area (Å²) < 4.78 is 6.16. The fourth-order valence-electron chi connectivity index (χ4n) is 5.60. The van der Waals surface area contributed by atoms with Gasteiger partial charge in [0.2, 0.25) is 11.8 Å². The highest BCUT2D eigenvalue weighted by molar-refractivity contribution is 5.96. The summed E-state index contributed by atoms with van der Waals surface area (Å²) >= 11 is 0. The number of benzene rings is 1. The lowest BCUT2D eigenvalue weighted by atomic mass is 9.77. The normalized spacial score (nSPS) is 26.0. The largest absolute Gasteiger partial charge is 0.486 e. The van der Waals surface area contributed by atoms with Crippen molar-refractivity contribution in [1.29, 1.82) is 0 Å². The summed E-state index contributed by atoms with van der Waals surface area (Å²) in [5, 5.41) is 23.5. The van der Waals surface area contributed by atoms with Gasteiger partial charge < -0.3 is 25.2 Å². The number of para-hydroxylation sites is 1. The molecular formula is C27H36N2O5. The van der Waals surface area contributed by atoms with Crippen LogP contribution in [0.4, 0.5) is 0 Å². The standard InChI is InChI=1S/C27H36N2O5/c1-2-3-13-23(31)29(17-18-9-5-4-6-10-18)21-16-20(27(33)28-14-15-30)24-19-11-7-8-12-22(19)34-26(24)25(21)32/h2,7-8,11-12,16,18,21,24-26,30,32H,1,3-6,9-10,13-15,17H2,(H,28,33). The zero-order valence-corrected chi connectivity index (χ0v) is 19.7. The van der Waals surface area contributed by atoms with Crippen molar-refractivity contribution in [2.45, 2.75) is 69.1 Å². The van der Waals surface area contributed by atoms with Crippen LogP contribution in [-0.4, -0.2) is 64.9 Å². The molecule has 3 N–H and O–H groups in total. The van der Waals surface area contributed by atoms with Crippen molar-refractivity contribution in [2.75, 3.05) is 19.7 Å². The number of rotatable bonds is 9. The number of aliphatic hydroxyl groups is 2. The number of hydrogen-bond donors (Lipinski definition) is 3. The Kier molecular flexibility index (Phi) is 8.06. The van der Waals surface area contributed by atoms with Crippen LogP contribution in [0.3, 0.4) is 0 Å². The van der Waals surface area contributed by atoms with E-state index >= 15 is 0 Å². The number of ether oxygens (including phenoxy) is 1. The van der Waals surface area contributed by atoms with E-state index in [1.54, 1.807) is 17.1 Å². The van der Waals surface area contributed by atoms with E-state index in [1.165, 1.54) is 6.42 Å². The molecule has 0 radical (unpaired) electrons. The first-order valence-electron chi connectivity index (χ1n) is 12.5. The maximum atomic E-state index is 13.3. The molecule has 2 amide bonds. The smallest absolute Gasteiger partial charge is 0.247 e. The average molecular weight is 469 g/mol. The predicted molar refractivity (Wildman–Crippen MR) is 129 cm³/mol. The molecule has 184 valence electrons. The van der Waals surface area contributed by atoms with E-state index in [1.807, 2.05) is 24.3 Å². The van der Waals surface area contributed by atoms with Gasteiger partial charge in [0.15, 0.2) is 0 Å². The maximum Gasteiger partial charge on any atom is 0.247 e. The molecule has 34 heavy (non-hydrogen) atoms. The minimum absolute atomic E-state index is 0.0464. The molecule has 1 aromatic carbocycles. The number of fused-ring (bicyclic) bond motifs is 3. The van der Waals surface area contributed by atoms with Crippen molar-refractivity contribution in [3.05, 3.63) is 54.1 Å². The Morgan fingerprint density at radius 3 is 2.71 bits per heavy atom.